The fourth-order valence-corrected chi connectivity index (χ4v) is 2.60. The van der Waals surface area contributed by atoms with Crippen molar-refractivity contribution in [2.75, 3.05) is 5.32 Å². The highest BCUT2D eigenvalue weighted by Gasteiger charge is 2.15. The van der Waals surface area contributed by atoms with Crippen LogP contribution in [-0.4, -0.2) is 20.7 Å². The molecule has 102 valence electrons. The Kier molecular flexibility index (Phi) is 3.34. The van der Waals surface area contributed by atoms with Crippen LogP contribution in [0, 0.1) is 0 Å². The van der Waals surface area contributed by atoms with Crippen molar-refractivity contribution in [3.8, 4) is 0 Å². The summed E-state index contributed by atoms with van der Waals surface area (Å²) in [6.45, 7) is 1.82. The summed E-state index contributed by atoms with van der Waals surface area (Å²) in [5.74, 6) is 0. The predicted octanol–water partition coefficient (Wildman–Crippen LogP) is 3.10. The zero-order chi connectivity index (χ0) is 13.9. The third kappa shape index (κ3) is 2.62. The van der Waals surface area contributed by atoms with Crippen LogP contribution in [0.1, 0.15) is 17.9 Å². The molecule has 7 heteroatoms. The van der Waals surface area contributed by atoms with Crippen molar-refractivity contribution < 1.29 is 9.53 Å². The molecular formula is C13H12N4O2S. The molecule has 3 aromatic rings. The number of aromatic nitrogens is 3. The van der Waals surface area contributed by atoms with Crippen LogP contribution >= 0.6 is 11.3 Å². The van der Waals surface area contributed by atoms with Gasteiger partial charge in [-0.15, -0.1) is 0 Å². The third-order valence-corrected chi connectivity index (χ3v) is 3.85. The number of amides is 1. The fraction of sp³-hybridized carbons (Fsp3) is 0.154. The Bertz CT molecular complexity index is 694. The second kappa shape index (κ2) is 5.30. The van der Waals surface area contributed by atoms with Gasteiger partial charge in [-0.2, -0.15) is 5.10 Å². The van der Waals surface area contributed by atoms with E-state index in [9.17, 15) is 4.79 Å². The highest BCUT2D eigenvalue weighted by molar-refractivity contribution is 7.17. The number of nitrogens with zero attached hydrogens (tertiary/aromatic N) is 3. The Morgan fingerprint density at radius 2 is 2.20 bits per heavy atom. The van der Waals surface area contributed by atoms with Crippen molar-refractivity contribution in [2.24, 2.45) is 0 Å². The molecule has 0 aliphatic heterocycles. The molecule has 0 bridgehead atoms. The molecule has 2 aromatic heterocycles. The van der Waals surface area contributed by atoms with E-state index in [1.54, 1.807) is 16.6 Å². The van der Waals surface area contributed by atoms with E-state index >= 15 is 0 Å². The van der Waals surface area contributed by atoms with E-state index < -0.39 is 6.09 Å². The standard InChI is InChI=1S/C13H12N4O2S/c1-9(11-7-17-12(20-11)14-8-15-17)19-13(18)16-10-5-3-2-4-6-10/h2-9H,1H3,(H,16,18). The van der Waals surface area contributed by atoms with Crippen LogP contribution < -0.4 is 5.32 Å². The number of benzene rings is 1. The minimum Gasteiger partial charge on any atom is -0.440 e. The Morgan fingerprint density at radius 1 is 1.40 bits per heavy atom. The summed E-state index contributed by atoms with van der Waals surface area (Å²) in [7, 11) is 0. The lowest BCUT2D eigenvalue weighted by atomic mass is 10.3. The second-order valence-electron chi connectivity index (χ2n) is 4.16. The van der Waals surface area contributed by atoms with E-state index in [1.165, 1.54) is 17.7 Å². The molecule has 6 nitrogen and oxygen atoms in total. The minimum atomic E-state index is -0.484. The number of para-hydroxylation sites is 1. The first-order valence-electron chi connectivity index (χ1n) is 6.04. The van der Waals surface area contributed by atoms with Gasteiger partial charge >= 0.3 is 6.09 Å². The van der Waals surface area contributed by atoms with Gasteiger partial charge in [0.25, 0.3) is 0 Å². The van der Waals surface area contributed by atoms with Crippen molar-refractivity contribution in [2.45, 2.75) is 13.0 Å². The Balaban J connectivity index is 1.65. The van der Waals surface area contributed by atoms with Crippen LogP contribution in [0.2, 0.25) is 0 Å². The highest BCUT2D eigenvalue weighted by atomic mass is 32.1. The zero-order valence-electron chi connectivity index (χ0n) is 10.7. The average Bonchev–Trinajstić information content (AvgIpc) is 3.00. The summed E-state index contributed by atoms with van der Waals surface area (Å²) < 4.78 is 6.99. The van der Waals surface area contributed by atoms with Crippen molar-refractivity contribution in [1.29, 1.82) is 0 Å². The molecule has 0 fully saturated rings. The number of carbonyl (C=O) groups is 1. The maximum Gasteiger partial charge on any atom is 0.412 e. The van der Waals surface area contributed by atoms with E-state index in [0.717, 1.165) is 9.84 Å². The largest absolute Gasteiger partial charge is 0.440 e. The van der Waals surface area contributed by atoms with Gasteiger partial charge in [0.15, 0.2) is 0 Å². The van der Waals surface area contributed by atoms with E-state index in [-0.39, 0.29) is 6.10 Å². The number of ether oxygens (including phenoxy) is 1. The summed E-state index contributed by atoms with van der Waals surface area (Å²) in [5.41, 5.74) is 0.701. The van der Waals surface area contributed by atoms with Gasteiger partial charge in [-0.05, 0) is 19.1 Å². The van der Waals surface area contributed by atoms with Gasteiger partial charge in [0.2, 0.25) is 4.96 Å². The number of thiazole rings is 1. The zero-order valence-corrected chi connectivity index (χ0v) is 11.5. The van der Waals surface area contributed by atoms with Gasteiger partial charge in [-0.1, -0.05) is 29.5 Å². The van der Waals surface area contributed by atoms with Crippen molar-refractivity contribution >= 4 is 28.1 Å². The molecule has 1 aromatic carbocycles. The van der Waals surface area contributed by atoms with Crippen molar-refractivity contribution in [3.05, 3.63) is 47.7 Å². The summed E-state index contributed by atoms with van der Waals surface area (Å²) in [4.78, 5) is 17.5. The van der Waals surface area contributed by atoms with Gasteiger partial charge < -0.3 is 4.74 Å². The number of fused-ring (bicyclic) bond motifs is 1. The summed E-state index contributed by atoms with van der Waals surface area (Å²) in [6, 6.07) is 9.18. The molecule has 1 atom stereocenters. The maximum absolute atomic E-state index is 11.8. The van der Waals surface area contributed by atoms with Gasteiger partial charge in [0.1, 0.15) is 12.4 Å². The molecule has 0 saturated carbocycles. The molecule has 20 heavy (non-hydrogen) atoms. The molecule has 0 aliphatic carbocycles. The first-order chi connectivity index (χ1) is 9.72. The molecule has 1 unspecified atom stereocenters. The third-order valence-electron chi connectivity index (χ3n) is 2.70. The summed E-state index contributed by atoms with van der Waals surface area (Å²) in [6.07, 6.45) is 2.46. The van der Waals surface area contributed by atoms with Gasteiger partial charge in [0.05, 0.1) is 4.88 Å². The van der Waals surface area contributed by atoms with Crippen molar-refractivity contribution in [3.63, 3.8) is 0 Å². The lowest BCUT2D eigenvalue weighted by Gasteiger charge is -2.11. The van der Waals surface area contributed by atoms with Gasteiger partial charge in [0, 0.05) is 11.9 Å². The Morgan fingerprint density at radius 3 is 2.95 bits per heavy atom. The van der Waals surface area contributed by atoms with Crippen LogP contribution in [0.3, 0.4) is 0 Å². The molecule has 0 saturated heterocycles. The minimum absolute atomic E-state index is 0.354. The lowest BCUT2D eigenvalue weighted by Crippen LogP contribution is -2.15. The topological polar surface area (TPSA) is 68.5 Å². The summed E-state index contributed by atoms with van der Waals surface area (Å²) >= 11 is 1.44. The quantitative estimate of drug-likeness (QED) is 0.804. The highest BCUT2D eigenvalue weighted by Crippen LogP contribution is 2.25. The SMILES string of the molecule is CC(OC(=O)Nc1ccccc1)c1cn2ncnc2s1. The molecule has 2 heterocycles. The lowest BCUT2D eigenvalue weighted by molar-refractivity contribution is 0.123. The van der Waals surface area contributed by atoms with E-state index in [1.807, 2.05) is 31.3 Å². The number of carbonyl (C=O) groups excluding carboxylic acids is 1. The number of anilines is 1. The molecule has 1 amide bonds. The molecule has 1 N–H and O–H groups in total. The molecular weight excluding hydrogens is 276 g/mol. The van der Waals surface area contributed by atoms with Gasteiger partial charge in [-0.25, -0.2) is 14.3 Å². The maximum atomic E-state index is 11.8. The smallest absolute Gasteiger partial charge is 0.412 e. The first-order valence-corrected chi connectivity index (χ1v) is 6.86. The monoisotopic (exact) mass is 288 g/mol. The van der Waals surface area contributed by atoms with Crippen LogP contribution in [-0.2, 0) is 4.74 Å². The first kappa shape index (κ1) is 12.6. The molecule has 0 radical (unpaired) electrons. The van der Waals surface area contributed by atoms with E-state index in [0.29, 0.717) is 5.69 Å². The van der Waals surface area contributed by atoms with Gasteiger partial charge in [-0.3, -0.25) is 5.32 Å². The Labute approximate surface area is 119 Å². The van der Waals surface area contributed by atoms with Crippen LogP contribution in [0.4, 0.5) is 10.5 Å². The number of hydrogen-bond acceptors (Lipinski definition) is 5. The van der Waals surface area contributed by atoms with Crippen LogP contribution in [0.5, 0.6) is 0 Å². The second-order valence-corrected chi connectivity index (χ2v) is 5.20. The molecule has 0 spiro atoms. The van der Waals surface area contributed by atoms with E-state index in [4.69, 9.17) is 4.74 Å². The Hall–Kier alpha value is -2.41. The molecule has 3 rings (SSSR count). The number of nitrogens with one attached hydrogen (secondary N) is 1. The number of hydrogen-bond donors (Lipinski definition) is 1. The van der Waals surface area contributed by atoms with Crippen LogP contribution in [0.15, 0.2) is 42.9 Å². The predicted molar refractivity (Wildman–Crippen MR) is 75.8 cm³/mol. The normalized spacial score (nSPS) is 12.2. The summed E-state index contributed by atoms with van der Waals surface area (Å²) in [5, 5.41) is 6.70. The fourth-order valence-electron chi connectivity index (χ4n) is 1.73. The molecule has 0 aliphatic rings. The van der Waals surface area contributed by atoms with E-state index in [2.05, 4.69) is 15.4 Å². The van der Waals surface area contributed by atoms with Crippen LogP contribution in [0.25, 0.3) is 4.96 Å². The number of rotatable bonds is 3. The average molecular weight is 288 g/mol. The van der Waals surface area contributed by atoms with Crippen molar-refractivity contribution in [1.82, 2.24) is 14.6 Å².